The minimum Gasteiger partial charge on any atom is -0.324 e. The van der Waals surface area contributed by atoms with Gasteiger partial charge < -0.3 is 10.2 Å². The summed E-state index contributed by atoms with van der Waals surface area (Å²) < 4.78 is 26.4. The molecular formula is C17H15ClF2N2O2. The van der Waals surface area contributed by atoms with Gasteiger partial charge in [-0.3, -0.25) is 9.59 Å². The third kappa shape index (κ3) is 4.29. The standard InChI is InChI=1S/C17H15ClF2N2O2/c1-10-7-12(18)3-6-16(10)21-17(24)9-22(11(2)23)13-4-5-14(19)15(20)8-13/h3-8H,9H2,1-2H3,(H,21,24). The van der Waals surface area contributed by atoms with E-state index in [9.17, 15) is 18.4 Å². The van der Waals surface area contributed by atoms with E-state index in [0.29, 0.717) is 10.7 Å². The predicted molar refractivity (Wildman–Crippen MR) is 89.2 cm³/mol. The number of amides is 2. The van der Waals surface area contributed by atoms with Gasteiger partial charge in [-0.2, -0.15) is 0 Å². The number of nitrogens with zero attached hydrogens (tertiary/aromatic N) is 1. The molecule has 0 saturated carbocycles. The summed E-state index contributed by atoms with van der Waals surface area (Å²) in [7, 11) is 0. The number of hydrogen-bond donors (Lipinski definition) is 1. The van der Waals surface area contributed by atoms with Crippen LogP contribution in [0.3, 0.4) is 0 Å². The molecule has 0 aliphatic carbocycles. The van der Waals surface area contributed by atoms with Gasteiger partial charge in [-0.25, -0.2) is 8.78 Å². The number of halogens is 3. The fourth-order valence-corrected chi connectivity index (χ4v) is 2.36. The lowest BCUT2D eigenvalue weighted by atomic mass is 10.2. The Labute approximate surface area is 143 Å². The van der Waals surface area contributed by atoms with E-state index in [4.69, 9.17) is 11.6 Å². The Balaban J connectivity index is 2.16. The first-order valence-corrected chi connectivity index (χ1v) is 7.45. The molecule has 1 N–H and O–H groups in total. The van der Waals surface area contributed by atoms with Crippen LogP contribution in [-0.2, 0) is 9.59 Å². The monoisotopic (exact) mass is 352 g/mol. The molecule has 0 bridgehead atoms. The molecular weight excluding hydrogens is 338 g/mol. The Hall–Kier alpha value is -2.47. The van der Waals surface area contributed by atoms with E-state index >= 15 is 0 Å². The van der Waals surface area contributed by atoms with E-state index in [-0.39, 0.29) is 12.2 Å². The summed E-state index contributed by atoms with van der Waals surface area (Å²) in [4.78, 5) is 25.0. The highest BCUT2D eigenvalue weighted by Crippen LogP contribution is 2.21. The van der Waals surface area contributed by atoms with Gasteiger partial charge >= 0.3 is 0 Å². The van der Waals surface area contributed by atoms with Crippen LogP contribution in [0.1, 0.15) is 12.5 Å². The summed E-state index contributed by atoms with van der Waals surface area (Å²) >= 11 is 5.86. The zero-order valence-corrected chi connectivity index (χ0v) is 13.8. The molecule has 0 aromatic heterocycles. The molecule has 126 valence electrons. The van der Waals surface area contributed by atoms with Gasteiger partial charge in [0.25, 0.3) is 0 Å². The van der Waals surface area contributed by atoms with Gasteiger partial charge in [-0.15, -0.1) is 0 Å². The van der Waals surface area contributed by atoms with Crippen molar-refractivity contribution in [2.24, 2.45) is 0 Å². The number of rotatable bonds is 4. The first-order valence-electron chi connectivity index (χ1n) is 7.07. The molecule has 2 aromatic rings. The Kier molecular flexibility index (Phi) is 5.51. The molecule has 2 amide bonds. The molecule has 2 aromatic carbocycles. The lowest BCUT2D eigenvalue weighted by Crippen LogP contribution is -2.36. The maximum atomic E-state index is 13.4. The lowest BCUT2D eigenvalue weighted by Gasteiger charge is -2.21. The number of nitrogens with one attached hydrogen (secondary N) is 1. The third-order valence-electron chi connectivity index (χ3n) is 3.36. The molecule has 4 nitrogen and oxygen atoms in total. The van der Waals surface area contributed by atoms with E-state index in [1.165, 1.54) is 13.0 Å². The van der Waals surface area contributed by atoms with Crippen LogP contribution in [0, 0.1) is 18.6 Å². The van der Waals surface area contributed by atoms with Crippen LogP contribution < -0.4 is 10.2 Å². The smallest absolute Gasteiger partial charge is 0.244 e. The van der Waals surface area contributed by atoms with Crippen LogP contribution in [0.2, 0.25) is 5.02 Å². The Morgan fingerprint density at radius 2 is 1.83 bits per heavy atom. The Morgan fingerprint density at radius 1 is 1.12 bits per heavy atom. The molecule has 0 fully saturated rings. The molecule has 0 aliphatic heterocycles. The van der Waals surface area contributed by atoms with Crippen molar-refractivity contribution in [3.63, 3.8) is 0 Å². The van der Waals surface area contributed by atoms with Gasteiger partial charge in [0.2, 0.25) is 11.8 Å². The van der Waals surface area contributed by atoms with E-state index in [1.54, 1.807) is 25.1 Å². The van der Waals surface area contributed by atoms with Crippen molar-refractivity contribution in [1.82, 2.24) is 0 Å². The largest absolute Gasteiger partial charge is 0.324 e. The molecule has 0 heterocycles. The highest BCUT2D eigenvalue weighted by molar-refractivity contribution is 6.30. The van der Waals surface area contributed by atoms with Crippen LogP contribution >= 0.6 is 11.6 Å². The summed E-state index contributed by atoms with van der Waals surface area (Å²) in [5.74, 6) is -3.06. The van der Waals surface area contributed by atoms with Gasteiger partial charge in [-0.05, 0) is 42.8 Å². The lowest BCUT2D eigenvalue weighted by molar-refractivity contribution is -0.120. The van der Waals surface area contributed by atoms with Crippen molar-refractivity contribution in [2.75, 3.05) is 16.8 Å². The summed E-state index contributed by atoms with van der Waals surface area (Å²) in [5, 5.41) is 3.20. The quantitative estimate of drug-likeness (QED) is 0.906. The maximum Gasteiger partial charge on any atom is 0.244 e. The van der Waals surface area contributed by atoms with Crippen LogP contribution in [0.5, 0.6) is 0 Å². The van der Waals surface area contributed by atoms with Crippen molar-refractivity contribution < 1.29 is 18.4 Å². The number of carbonyl (C=O) groups is 2. The van der Waals surface area contributed by atoms with Crippen LogP contribution in [0.15, 0.2) is 36.4 Å². The van der Waals surface area contributed by atoms with Crippen LogP contribution in [-0.4, -0.2) is 18.4 Å². The van der Waals surface area contributed by atoms with Crippen molar-refractivity contribution in [2.45, 2.75) is 13.8 Å². The fourth-order valence-electron chi connectivity index (χ4n) is 2.14. The average Bonchev–Trinajstić information content (AvgIpc) is 2.50. The van der Waals surface area contributed by atoms with Crippen LogP contribution in [0.4, 0.5) is 20.2 Å². The molecule has 0 radical (unpaired) electrons. The summed E-state index contributed by atoms with van der Waals surface area (Å²) in [6.07, 6.45) is 0. The second-order valence-electron chi connectivity index (χ2n) is 5.21. The molecule has 0 aliphatic rings. The second-order valence-corrected chi connectivity index (χ2v) is 5.65. The van der Waals surface area contributed by atoms with Gasteiger partial charge in [0, 0.05) is 29.4 Å². The zero-order chi connectivity index (χ0) is 17.9. The number of carbonyl (C=O) groups excluding carboxylic acids is 2. The maximum absolute atomic E-state index is 13.4. The summed E-state index contributed by atoms with van der Waals surface area (Å²) in [6, 6.07) is 7.97. The number of anilines is 2. The average molecular weight is 353 g/mol. The summed E-state index contributed by atoms with van der Waals surface area (Å²) in [5.41, 5.74) is 1.42. The van der Waals surface area contributed by atoms with Gasteiger partial charge in [0.15, 0.2) is 11.6 Å². The van der Waals surface area contributed by atoms with Crippen LogP contribution in [0.25, 0.3) is 0 Å². The third-order valence-corrected chi connectivity index (χ3v) is 3.59. The minimum atomic E-state index is -1.09. The molecule has 0 spiro atoms. The first kappa shape index (κ1) is 17.9. The number of hydrogen-bond acceptors (Lipinski definition) is 2. The topological polar surface area (TPSA) is 49.4 Å². The first-order chi connectivity index (χ1) is 11.3. The van der Waals surface area contributed by atoms with E-state index in [2.05, 4.69) is 5.32 Å². The highest BCUT2D eigenvalue weighted by Gasteiger charge is 2.18. The molecule has 7 heteroatoms. The molecule has 0 atom stereocenters. The summed E-state index contributed by atoms with van der Waals surface area (Å²) in [6.45, 7) is 2.68. The number of benzene rings is 2. The van der Waals surface area contributed by atoms with Gasteiger partial charge in [0.1, 0.15) is 6.54 Å². The van der Waals surface area contributed by atoms with Crippen molar-refractivity contribution >= 4 is 34.8 Å². The predicted octanol–water partition coefficient (Wildman–Crippen LogP) is 3.92. The van der Waals surface area contributed by atoms with E-state index in [0.717, 1.165) is 22.6 Å². The highest BCUT2D eigenvalue weighted by atomic mass is 35.5. The minimum absolute atomic E-state index is 0.101. The van der Waals surface area contributed by atoms with Crippen molar-refractivity contribution in [3.8, 4) is 0 Å². The molecule has 0 saturated heterocycles. The van der Waals surface area contributed by atoms with Gasteiger partial charge in [-0.1, -0.05) is 11.6 Å². The Morgan fingerprint density at radius 3 is 2.42 bits per heavy atom. The van der Waals surface area contributed by atoms with Crippen molar-refractivity contribution in [3.05, 3.63) is 58.6 Å². The number of aryl methyl sites for hydroxylation is 1. The van der Waals surface area contributed by atoms with E-state index < -0.39 is 23.4 Å². The molecule has 0 unspecified atom stereocenters. The molecule has 2 rings (SSSR count). The molecule has 24 heavy (non-hydrogen) atoms. The second kappa shape index (κ2) is 7.40. The van der Waals surface area contributed by atoms with Gasteiger partial charge in [0.05, 0.1) is 0 Å². The normalized spacial score (nSPS) is 10.4. The SMILES string of the molecule is CC(=O)N(CC(=O)Nc1ccc(Cl)cc1C)c1ccc(F)c(F)c1. The Bertz CT molecular complexity index is 796. The van der Waals surface area contributed by atoms with Crippen molar-refractivity contribution in [1.29, 1.82) is 0 Å². The zero-order valence-electron chi connectivity index (χ0n) is 13.1. The fraction of sp³-hybridized carbons (Fsp3) is 0.176. The van der Waals surface area contributed by atoms with E-state index in [1.807, 2.05) is 0 Å².